The van der Waals surface area contributed by atoms with Gasteiger partial charge in [0.05, 0.1) is 11.9 Å². The molecule has 2 heterocycles. The van der Waals surface area contributed by atoms with E-state index in [0.29, 0.717) is 17.2 Å². The minimum Gasteiger partial charge on any atom is -0.352 e. The van der Waals surface area contributed by atoms with Crippen LogP contribution >= 0.6 is 0 Å². The smallest absolute Gasteiger partial charge is 0.264 e. The maximum Gasteiger partial charge on any atom is 0.264 e. The fourth-order valence-corrected chi connectivity index (χ4v) is 3.33. The molecule has 0 spiro atoms. The summed E-state index contributed by atoms with van der Waals surface area (Å²) < 4.78 is 43.3. The number of carbonyl (C=O) groups excluding carboxylic acids is 1. The number of hydrogen-bond donors (Lipinski definition) is 1. The van der Waals surface area contributed by atoms with Crippen LogP contribution in [-0.2, 0) is 17.9 Å². The second-order valence-corrected chi connectivity index (χ2v) is 7.11. The minimum atomic E-state index is -0.745. The molecule has 4 rings (SSSR count). The van der Waals surface area contributed by atoms with Gasteiger partial charge < -0.3 is 5.32 Å². The van der Waals surface area contributed by atoms with Gasteiger partial charge in [0, 0.05) is 25.1 Å². The van der Waals surface area contributed by atoms with Gasteiger partial charge in [-0.1, -0.05) is 6.07 Å². The zero-order chi connectivity index (χ0) is 22.8. The van der Waals surface area contributed by atoms with Crippen molar-refractivity contribution in [2.75, 3.05) is 0 Å². The van der Waals surface area contributed by atoms with Crippen LogP contribution in [0.1, 0.15) is 17.8 Å². The molecule has 0 fully saturated rings. The molecule has 0 unspecified atom stereocenters. The molecule has 2 aromatic carbocycles. The van der Waals surface area contributed by atoms with Gasteiger partial charge >= 0.3 is 0 Å². The van der Waals surface area contributed by atoms with Gasteiger partial charge in [0.15, 0.2) is 5.65 Å². The second kappa shape index (κ2) is 8.66. The SMILES string of the molecule is Cc1nc2c(cnn2-c2ccc(F)cc2)c(=O)n1CCC(=O)NCc1c(F)cccc1F. The number of nitrogens with zero attached hydrogens (tertiary/aromatic N) is 4. The molecule has 1 amide bonds. The van der Waals surface area contributed by atoms with Gasteiger partial charge in [-0.25, -0.2) is 22.8 Å². The van der Waals surface area contributed by atoms with E-state index in [-0.39, 0.29) is 36.0 Å². The summed E-state index contributed by atoms with van der Waals surface area (Å²) in [5.74, 6) is -2.00. The van der Waals surface area contributed by atoms with Crippen LogP contribution in [0.15, 0.2) is 53.5 Å². The highest BCUT2D eigenvalue weighted by atomic mass is 19.1. The lowest BCUT2D eigenvalue weighted by molar-refractivity contribution is -0.121. The van der Waals surface area contributed by atoms with Gasteiger partial charge in [0.25, 0.3) is 5.56 Å². The Morgan fingerprint density at radius 3 is 2.44 bits per heavy atom. The Hall–Kier alpha value is -3.95. The maximum absolute atomic E-state index is 13.7. The summed E-state index contributed by atoms with van der Waals surface area (Å²) in [6.45, 7) is 1.35. The number of aromatic nitrogens is 4. The van der Waals surface area contributed by atoms with E-state index < -0.39 is 23.4 Å². The molecule has 4 aromatic rings. The number of aryl methyl sites for hydroxylation is 1. The first kappa shape index (κ1) is 21.3. The number of hydrogen-bond acceptors (Lipinski definition) is 4. The third-order valence-electron chi connectivity index (χ3n) is 5.04. The number of fused-ring (bicyclic) bond motifs is 1. The molecule has 0 atom stereocenters. The van der Waals surface area contributed by atoms with E-state index in [1.54, 1.807) is 6.92 Å². The van der Waals surface area contributed by atoms with Gasteiger partial charge in [-0.2, -0.15) is 5.10 Å². The molecule has 32 heavy (non-hydrogen) atoms. The standard InChI is InChI=1S/C22H18F3N5O2/c1-13-28-21-17(12-27-30(21)15-7-5-14(23)6-8-15)22(32)29(13)10-9-20(31)26-11-16-18(24)3-2-4-19(16)25/h2-8,12H,9-11H2,1H3,(H,26,31). The monoisotopic (exact) mass is 441 g/mol. The van der Waals surface area contributed by atoms with Gasteiger partial charge in [-0.3, -0.25) is 14.2 Å². The van der Waals surface area contributed by atoms with Crippen LogP contribution in [-0.4, -0.2) is 25.2 Å². The first-order valence-electron chi connectivity index (χ1n) is 9.76. The lowest BCUT2D eigenvalue weighted by Gasteiger charge is -2.11. The summed E-state index contributed by atoms with van der Waals surface area (Å²) in [5, 5.41) is 6.88. The number of benzene rings is 2. The van der Waals surface area contributed by atoms with E-state index in [2.05, 4.69) is 15.4 Å². The zero-order valence-electron chi connectivity index (χ0n) is 17.0. The first-order valence-corrected chi connectivity index (χ1v) is 9.76. The van der Waals surface area contributed by atoms with Crippen molar-refractivity contribution in [3.63, 3.8) is 0 Å². The molecule has 0 bridgehead atoms. The van der Waals surface area contributed by atoms with Gasteiger partial charge in [0.2, 0.25) is 5.91 Å². The molecule has 0 saturated heterocycles. The lowest BCUT2D eigenvalue weighted by atomic mass is 10.2. The van der Waals surface area contributed by atoms with E-state index in [9.17, 15) is 22.8 Å². The largest absolute Gasteiger partial charge is 0.352 e. The third-order valence-corrected chi connectivity index (χ3v) is 5.04. The summed E-state index contributed by atoms with van der Waals surface area (Å²) in [4.78, 5) is 29.5. The van der Waals surface area contributed by atoms with Crippen molar-refractivity contribution in [3.8, 4) is 5.69 Å². The highest BCUT2D eigenvalue weighted by Gasteiger charge is 2.15. The molecule has 0 aliphatic rings. The van der Waals surface area contributed by atoms with Gasteiger partial charge in [-0.05, 0) is 43.3 Å². The van der Waals surface area contributed by atoms with Crippen LogP contribution in [0.2, 0.25) is 0 Å². The number of amides is 1. The topological polar surface area (TPSA) is 81.8 Å². The van der Waals surface area contributed by atoms with Crippen LogP contribution < -0.4 is 10.9 Å². The van der Waals surface area contributed by atoms with E-state index in [0.717, 1.165) is 12.1 Å². The highest BCUT2D eigenvalue weighted by Crippen LogP contribution is 2.15. The van der Waals surface area contributed by atoms with Crippen LogP contribution in [0.25, 0.3) is 16.7 Å². The highest BCUT2D eigenvalue weighted by molar-refractivity contribution is 5.76. The van der Waals surface area contributed by atoms with Crippen LogP contribution in [0.3, 0.4) is 0 Å². The normalized spacial score (nSPS) is 11.1. The predicted molar refractivity (Wildman–Crippen MR) is 111 cm³/mol. The van der Waals surface area contributed by atoms with Crippen LogP contribution in [0.4, 0.5) is 13.2 Å². The predicted octanol–water partition coefficient (Wildman–Crippen LogP) is 3.01. The van der Waals surface area contributed by atoms with E-state index in [1.165, 1.54) is 45.8 Å². The Bertz CT molecular complexity index is 1340. The minimum absolute atomic E-state index is 0.0287. The average molecular weight is 441 g/mol. The molecular weight excluding hydrogens is 423 g/mol. The summed E-state index contributed by atoms with van der Waals surface area (Å²) >= 11 is 0. The van der Waals surface area contributed by atoms with Crippen molar-refractivity contribution >= 4 is 16.9 Å². The Balaban J connectivity index is 1.50. The number of carbonyl (C=O) groups is 1. The molecule has 10 heteroatoms. The second-order valence-electron chi connectivity index (χ2n) is 7.11. The van der Waals surface area contributed by atoms with Crippen LogP contribution in [0.5, 0.6) is 0 Å². The van der Waals surface area contributed by atoms with Crippen molar-refractivity contribution < 1.29 is 18.0 Å². The Labute approximate surface area is 180 Å². The Morgan fingerprint density at radius 2 is 1.75 bits per heavy atom. The Morgan fingerprint density at radius 1 is 1.06 bits per heavy atom. The molecule has 1 N–H and O–H groups in total. The number of halogens is 3. The van der Waals surface area contributed by atoms with Crippen molar-refractivity contribution in [3.05, 3.63) is 87.9 Å². The van der Waals surface area contributed by atoms with Crippen molar-refractivity contribution in [2.24, 2.45) is 0 Å². The fraction of sp³-hybridized carbons (Fsp3) is 0.182. The molecule has 7 nitrogen and oxygen atoms in total. The lowest BCUT2D eigenvalue weighted by Crippen LogP contribution is -2.29. The molecule has 0 aliphatic carbocycles. The van der Waals surface area contributed by atoms with Gasteiger partial charge in [-0.15, -0.1) is 0 Å². The zero-order valence-corrected chi connectivity index (χ0v) is 17.0. The first-order chi connectivity index (χ1) is 15.3. The maximum atomic E-state index is 13.7. The quantitative estimate of drug-likeness (QED) is 0.499. The Kier molecular flexibility index (Phi) is 5.76. The molecule has 2 aromatic heterocycles. The molecule has 164 valence electrons. The summed E-state index contributed by atoms with van der Waals surface area (Å²) in [6.07, 6.45) is 1.28. The third kappa shape index (κ3) is 4.11. The van der Waals surface area contributed by atoms with E-state index in [4.69, 9.17) is 0 Å². The van der Waals surface area contributed by atoms with Gasteiger partial charge in [0.1, 0.15) is 28.7 Å². The number of nitrogens with one attached hydrogen (secondary N) is 1. The number of rotatable bonds is 6. The van der Waals surface area contributed by atoms with E-state index in [1.807, 2.05) is 0 Å². The van der Waals surface area contributed by atoms with Crippen molar-refractivity contribution in [1.29, 1.82) is 0 Å². The van der Waals surface area contributed by atoms with Crippen molar-refractivity contribution in [2.45, 2.75) is 26.4 Å². The van der Waals surface area contributed by atoms with Crippen molar-refractivity contribution in [1.82, 2.24) is 24.6 Å². The summed E-state index contributed by atoms with van der Waals surface area (Å²) in [5.41, 5.74) is 0.249. The van der Waals surface area contributed by atoms with Crippen LogP contribution in [0, 0.1) is 24.4 Å². The molecular formula is C22H18F3N5O2. The summed E-state index contributed by atoms with van der Waals surface area (Å²) in [6, 6.07) is 9.07. The summed E-state index contributed by atoms with van der Waals surface area (Å²) in [7, 11) is 0. The van der Waals surface area contributed by atoms with E-state index >= 15 is 0 Å². The molecule has 0 radical (unpaired) electrons. The fourth-order valence-electron chi connectivity index (χ4n) is 3.33. The molecule has 0 aliphatic heterocycles. The average Bonchev–Trinajstić information content (AvgIpc) is 3.17. The molecule has 0 saturated carbocycles.